The predicted molar refractivity (Wildman–Crippen MR) is 117 cm³/mol. The first-order valence-electron chi connectivity index (χ1n) is 9.97. The Hall–Kier alpha value is -2.92. The summed E-state index contributed by atoms with van der Waals surface area (Å²) in [7, 11) is 1.59. The van der Waals surface area contributed by atoms with E-state index in [-0.39, 0.29) is 17.7 Å². The van der Waals surface area contributed by atoms with Gasteiger partial charge in [-0.3, -0.25) is 9.59 Å². The molecule has 2 amide bonds. The smallest absolute Gasteiger partial charge is 0.239 e. The summed E-state index contributed by atoms with van der Waals surface area (Å²) in [6.45, 7) is 0. The van der Waals surface area contributed by atoms with E-state index in [4.69, 9.17) is 4.74 Å². The van der Waals surface area contributed by atoms with Gasteiger partial charge in [0.15, 0.2) is 0 Å². The second-order valence-electron chi connectivity index (χ2n) is 8.08. The van der Waals surface area contributed by atoms with Crippen molar-refractivity contribution in [3.8, 4) is 5.75 Å². The Morgan fingerprint density at radius 3 is 1.97 bits per heavy atom. The minimum absolute atomic E-state index is 0.124. The monoisotopic (exact) mass is 459 g/mol. The van der Waals surface area contributed by atoms with Crippen molar-refractivity contribution in [3.05, 3.63) is 95.1 Å². The first kappa shape index (κ1) is 17.9. The fourth-order valence-corrected chi connectivity index (χ4v) is 6.87. The third-order valence-corrected chi connectivity index (χ3v) is 8.19. The number of methoxy groups -OCH3 is 1. The van der Waals surface area contributed by atoms with Crippen molar-refractivity contribution in [2.45, 2.75) is 10.2 Å². The van der Waals surface area contributed by atoms with E-state index in [0.717, 1.165) is 22.3 Å². The molecule has 1 fully saturated rings. The summed E-state index contributed by atoms with van der Waals surface area (Å²) < 4.78 is 4.51. The highest BCUT2D eigenvalue weighted by Crippen LogP contribution is 2.66. The van der Waals surface area contributed by atoms with E-state index in [9.17, 15) is 9.59 Å². The Morgan fingerprint density at radius 2 is 1.40 bits per heavy atom. The van der Waals surface area contributed by atoms with Gasteiger partial charge in [-0.1, -0.05) is 64.5 Å². The Kier molecular flexibility index (Phi) is 3.61. The molecule has 4 nitrogen and oxygen atoms in total. The van der Waals surface area contributed by atoms with Gasteiger partial charge in [-0.15, -0.1) is 0 Å². The van der Waals surface area contributed by atoms with Crippen LogP contribution in [0, 0.1) is 11.8 Å². The van der Waals surface area contributed by atoms with E-state index >= 15 is 0 Å². The minimum atomic E-state index is -0.715. The van der Waals surface area contributed by atoms with Crippen LogP contribution in [0.25, 0.3) is 0 Å². The molecule has 0 spiro atoms. The molecule has 3 aliphatic carbocycles. The van der Waals surface area contributed by atoms with Crippen LogP contribution in [0.3, 0.4) is 0 Å². The summed E-state index contributed by atoms with van der Waals surface area (Å²) in [4.78, 5) is 28.8. The lowest BCUT2D eigenvalue weighted by molar-refractivity contribution is -0.122. The van der Waals surface area contributed by atoms with Gasteiger partial charge in [-0.05, 0) is 46.5 Å². The Labute approximate surface area is 182 Å². The molecule has 4 aliphatic rings. The summed E-state index contributed by atoms with van der Waals surface area (Å²) in [6.07, 6.45) is 0. The molecular weight excluding hydrogens is 442 g/mol. The number of imide groups is 1. The third kappa shape index (κ3) is 2.01. The van der Waals surface area contributed by atoms with Crippen LogP contribution < -0.4 is 9.64 Å². The quantitative estimate of drug-likeness (QED) is 0.415. The number of carbonyl (C=O) groups excluding carboxylic acids is 2. The van der Waals surface area contributed by atoms with Crippen molar-refractivity contribution in [3.63, 3.8) is 0 Å². The number of nitrogens with zero attached hydrogens (tertiary/aromatic N) is 1. The molecular formula is C25H18BrNO3. The molecule has 0 saturated carbocycles. The lowest BCUT2D eigenvalue weighted by Crippen LogP contribution is -2.50. The maximum Gasteiger partial charge on any atom is 0.239 e. The van der Waals surface area contributed by atoms with Crippen LogP contribution in [0.15, 0.2) is 72.8 Å². The number of alkyl halides is 1. The molecule has 5 heteroatoms. The van der Waals surface area contributed by atoms with Crippen LogP contribution in [0.2, 0.25) is 0 Å². The van der Waals surface area contributed by atoms with Crippen molar-refractivity contribution in [1.82, 2.24) is 0 Å². The average molecular weight is 460 g/mol. The van der Waals surface area contributed by atoms with Crippen LogP contribution >= 0.6 is 15.9 Å². The molecule has 0 N–H and O–H groups in total. The second kappa shape index (κ2) is 6.05. The molecule has 0 unspecified atom stereocenters. The van der Waals surface area contributed by atoms with Crippen LogP contribution in [-0.4, -0.2) is 18.9 Å². The van der Waals surface area contributed by atoms with Gasteiger partial charge in [0.25, 0.3) is 0 Å². The molecule has 1 heterocycles. The van der Waals surface area contributed by atoms with Gasteiger partial charge in [-0.2, -0.15) is 0 Å². The number of amides is 2. The zero-order valence-electron chi connectivity index (χ0n) is 16.2. The molecule has 0 radical (unpaired) electrons. The summed E-state index contributed by atoms with van der Waals surface area (Å²) >= 11 is 4.01. The number of carbonyl (C=O) groups is 2. The highest BCUT2D eigenvalue weighted by atomic mass is 79.9. The predicted octanol–water partition coefficient (Wildman–Crippen LogP) is 4.60. The van der Waals surface area contributed by atoms with E-state index in [2.05, 4.69) is 40.2 Å². The summed E-state index contributed by atoms with van der Waals surface area (Å²) in [5.41, 5.74) is 5.03. The number of ether oxygens (including phenoxy) is 1. The molecule has 30 heavy (non-hydrogen) atoms. The highest BCUT2D eigenvalue weighted by molar-refractivity contribution is 9.09. The largest absolute Gasteiger partial charge is 0.497 e. The van der Waals surface area contributed by atoms with Gasteiger partial charge in [0.1, 0.15) is 5.75 Å². The molecule has 148 valence electrons. The van der Waals surface area contributed by atoms with Gasteiger partial charge in [0, 0.05) is 5.92 Å². The Morgan fingerprint density at radius 1 is 0.833 bits per heavy atom. The zero-order valence-corrected chi connectivity index (χ0v) is 17.8. The maximum absolute atomic E-state index is 13.8. The molecule has 3 aromatic carbocycles. The molecule has 1 saturated heterocycles. The number of hydrogen-bond acceptors (Lipinski definition) is 3. The van der Waals surface area contributed by atoms with Gasteiger partial charge >= 0.3 is 0 Å². The molecule has 3 aromatic rings. The van der Waals surface area contributed by atoms with E-state index in [1.807, 2.05) is 24.3 Å². The van der Waals surface area contributed by atoms with Crippen molar-refractivity contribution in [1.29, 1.82) is 0 Å². The lowest BCUT2D eigenvalue weighted by atomic mass is 9.55. The third-order valence-electron chi connectivity index (χ3n) is 6.85. The van der Waals surface area contributed by atoms with Crippen LogP contribution in [-0.2, 0) is 13.9 Å². The standard InChI is InChI=1S/C25H18BrNO3/c1-30-15-12-10-14(11-13-15)27-23(28)21-20-16-6-2-4-8-18(16)25(26,22(21)24(27)29)19-9-5-3-7-17(19)20/h2-13,20-22H,1H3/t20?,21-,22-,25?/m0/s1. The van der Waals surface area contributed by atoms with E-state index in [1.54, 1.807) is 31.4 Å². The maximum atomic E-state index is 13.8. The van der Waals surface area contributed by atoms with Crippen molar-refractivity contribution < 1.29 is 14.3 Å². The summed E-state index contributed by atoms with van der Waals surface area (Å²) in [5, 5.41) is 0. The molecule has 1 aliphatic heterocycles. The van der Waals surface area contributed by atoms with Gasteiger partial charge in [0.05, 0.1) is 29.0 Å². The first-order valence-corrected chi connectivity index (χ1v) is 10.8. The topological polar surface area (TPSA) is 46.6 Å². The fourth-order valence-electron chi connectivity index (χ4n) is 5.66. The average Bonchev–Trinajstić information content (AvgIpc) is 3.06. The number of anilines is 1. The van der Waals surface area contributed by atoms with Gasteiger partial charge < -0.3 is 4.74 Å². The number of halogens is 1. The molecule has 2 bridgehead atoms. The minimum Gasteiger partial charge on any atom is -0.497 e. The summed E-state index contributed by atoms with van der Waals surface area (Å²) in [6, 6.07) is 23.5. The SMILES string of the molecule is COc1ccc(N2C(=O)[C@@H]3[C@@H](C2=O)C2c4ccccc4C3(Br)c3ccccc32)cc1. The number of rotatable bonds is 2. The van der Waals surface area contributed by atoms with Gasteiger partial charge in [-0.25, -0.2) is 4.90 Å². The van der Waals surface area contributed by atoms with E-state index in [1.165, 1.54) is 4.90 Å². The fraction of sp³-hybridized carbons (Fsp3) is 0.200. The molecule has 2 atom stereocenters. The Bertz CT molecular complexity index is 1170. The van der Waals surface area contributed by atoms with Crippen LogP contribution in [0.1, 0.15) is 28.2 Å². The summed E-state index contributed by atoms with van der Waals surface area (Å²) in [5.74, 6) is -0.631. The highest BCUT2D eigenvalue weighted by Gasteiger charge is 2.67. The van der Waals surface area contributed by atoms with Crippen molar-refractivity contribution in [2.75, 3.05) is 12.0 Å². The molecule has 0 aromatic heterocycles. The first-order chi connectivity index (χ1) is 14.6. The molecule has 7 rings (SSSR count). The zero-order chi connectivity index (χ0) is 20.6. The number of benzene rings is 3. The van der Waals surface area contributed by atoms with E-state index < -0.39 is 16.2 Å². The number of hydrogen-bond donors (Lipinski definition) is 0. The van der Waals surface area contributed by atoms with Crippen molar-refractivity contribution in [2.24, 2.45) is 11.8 Å². The normalized spacial score (nSPS) is 28.2. The lowest BCUT2D eigenvalue weighted by Gasteiger charge is -2.51. The van der Waals surface area contributed by atoms with Crippen LogP contribution in [0.5, 0.6) is 5.75 Å². The van der Waals surface area contributed by atoms with Gasteiger partial charge in [0.2, 0.25) is 11.8 Å². The Balaban J connectivity index is 1.57. The van der Waals surface area contributed by atoms with E-state index in [0.29, 0.717) is 11.4 Å². The van der Waals surface area contributed by atoms with Crippen LogP contribution in [0.4, 0.5) is 5.69 Å². The van der Waals surface area contributed by atoms with Crippen molar-refractivity contribution >= 4 is 33.4 Å². The second-order valence-corrected chi connectivity index (χ2v) is 9.33.